The van der Waals surface area contributed by atoms with Crippen LogP contribution in [0.25, 0.3) is 0 Å². The molecular formula is C12H12N4S. The second-order valence-electron chi connectivity index (χ2n) is 3.85. The molecular weight excluding hydrogens is 232 g/mol. The van der Waals surface area contributed by atoms with Gasteiger partial charge >= 0.3 is 0 Å². The fourth-order valence-electron chi connectivity index (χ4n) is 1.98. The number of benzene rings is 1. The molecule has 2 heterocycles. The van der Waals surface area contributed by atoms with Gasteiger partial charge in [0.2, 0.25) is 5.17 Å². The van der Waals surface area contributed by atoms with Crippen molar-refractivity contribution >= 4 is 22.6 Å². The fourth-order valence-corrected chi connectivity index (χ4v) is 2.54. The van der Waals surface area contributed by atoms with E-state index in [0.29, 0.717) is 0 Å². The van der Waals surface area contributed by atoms with Crippen molar-refractivity contribution in [1.82, 2.24) is 0 Å². The number of anilines is 1. The van der Waals surface area contributed by atoms with Gasteiger partial charge in [-0.3, -0.25) is 0 Å². The van der Waals surface area contributed by atoms with Gasteiger partial charge in [-0.25, -0.2) is 4.99 Å². The molecule has 5 heteroatoms. The molecule has 0 fully saturated rings. The van der Waals surface area contributed by atoms with E-state index in [-0.39, 0.29) is 12.2 Å². The fraction of sp³-hybridized carbons (Fsp3) is 0.250. The lowest BCUT2D eigenvalue weighted by Crippen LogP contribution is -2.20. The van der Waals surface area contributed by atoms with Gasteiger partial charge in [0.15, 0.2) is 6.17 Å². The summed E-state index contributed by atoms with van der Waals surface area (Å²) in [5, 5.41) is 12.6. The summed E-state index contributed by atoms with van der Waals surface area (Å²) in [6.07, 6.45) is 1.84. The molecule has 2 atom stereocenters. The minimum absolute atomic E-state index is 0.00258. The lowest BCUT2D eigenvalue weighted by Gasteiger charge is -2.16. The molecule has 2 unspecified atom stereocenters. The van der Waals surface area contributed by atoms with Crippen molar-refractivity contribution in [1.29, 1.82) is 0 Å². The Morgan fingerprint density at radius 2 is 2.29 bits per heavy atom. The molecule has 0 saturated carbocycles. The predicted molar refractivity (Wildman–Crippen MR) is 71.5 cm³/mol. The Hall–Kier alpha value is -1.62. The third kappa shape index (κ3) is 1.86. The van der Waals surface area contributed by atoms with Crippen molar-refractivity contribution in [3.8, 4) is 0 Å². The monoisotopic (exact) mass is 244 g/mol. The van der Waals surface area contributed by atoms with Crippen LogP contribution in [0.15, 0.2) is 52.1 Å². The molecule has 0 spiro atoms. The number of nitrogens with zero attached hydrogens (tertiary/aromatic N) is 3. The number of thioether (sulfide) groups is 1. The van der Waals surface area contributed by atoms with Gasteiger partial charge in [0, 0.05) is 17.0 Å². The number of fused-ring (bicyclic) bond motifs is 3. The van der Waals surface area contributed by atoms with Crippen LogP contribution < -0.4 is 5.32 Å². The highest BCUT2D eigenvalue weighted by atomic mass is 32.2. The molecule has 17 heavy (non-hydrogen) atoms. The van der Waals surface area contributed by atoms with E-state index in [9.17, 15) is 0 Å². The number of para-hydroxylation sites is 1. The second kappa shape index (κ2) is 4.33. The van der Waals surface area contributed by atoms with Crippen LogP contribution in [-0.2, 0) is 0 Å². The molecule has 3 rings (SSSR count). The van der Waals surface area contributed by atoms with E-state index < -0.39 is 0 Å². The maximum absolute atomic E-state index is 4.56. The Balaban J connectivity index is 1.84. The maximum atomic E-state index is 4.56. The molecule has 1 N–H and O–H groups in total. The molecule has 2 aliphatic rings. The van der Waals surface area contributed by atoms with Crippen molar-refractivity contribution in [3.63, 3.8) is 0 Å². The van der Waals surface area contributed by atoms with Crippen molar-refractivity contribution in [2.75, 3.05) is 11.1 Å². The van der Waals surface area contributed by atoms with Crippen molar-refractivity contribution in [2.45, 2.75) is 12.2 Å². The zero-order chi connectivity index (χ0) is 11.7. The zero-order valence-electron chi connectivity index (χ0n) is 9.21. The molecule has 2 aliphatic heterocycles. The van der Waals surface area contributed by atoms with Gasteiger partial charge in [-0.2, -0.15) is 5.11 Å². The molecule has 4 nitrogen and oxygen atoms in total. The van der Waals surface area contributed by atoms with Crippen molar-refractivity contribution < 1.29 is 0 Å². The molecule has 0 bridgehead atoms. The van der Waals surface area contributed by atoms with Gasteiger partial charge in [-0.1, -0.05) is 36.0 Å². The van der Waals surface area contributed by atoms with Crippen LogP contribution in [0.2, 0.25) is 0 Å². The van der Waals surface area contributed by atoms with Crippen LogP contribution in [0, 0.1) is 0 Å². The number of amidine groups is 1. The molecule has 0 amide bonds. The predicted octanol–water partition coefficient (Wildman–Crippen LogP) is 3.22. The highest BCUT2D eigenvalue weighted by Gasteiger charge is 2.34. The van der Waals surface area contributed by atoms with Gasteiger partial charge in [0.1, 0.15) is 6.04 Å². The highest BCUT2D eigenvalue weighted by Crippen LogP contribution is 2.39. The number of aliphatic imine (C=N–C) groups is 1. The number of nitrogens with one attached hydrogen (secondary N) is 1. The van der Waals surface area contributed by atoms with E-state index >= 15 is 0 Å². The Morgan fingerprint density at radius 3 is 3.18 bits per heavy atom. The normalized spacial score (nSPS) is 24.6. The van der Waals surface area contributed by atoms with Crippen LogP contribution in [-0.4, -0.2) is 17.1 Å². The third-order valence-electron chi connectivity index (χ3n) is 2.73. The third-order valence-corrected chi connectivity index (χ3v) is 3.58. The van der Waals surface area contributed by atoms with Crippen molar-refractivity contribution in [3.05, 3.63) is 42.5 Å². The smallest absolute Gasteiger partial charge is 0.206 e. The lowest BCUT2D eigenvalue weighted by atomic mass is 10.1. The van der Waals surface area contributed by atoms with Crippen molar-refractivity contribution in [2.24, 2.45) is 15.2 Å². The Bertz CT molecular complexity index is 509. The van der Waals surface area contributed by atoms with Gasteiger partial charge in [0.25, 0.3) is 0 Å². The minimum Gasteiger partial charge on any atom is -0.361 e. The van der Waals surface area contributed by atoms with Crippen LogP contribution in [0.4, 0.5) is 5.69 Å². The van der Waals surface area contributed by atoms with Crippen LogP contribution >= 0.6 is 11.8 Å². The summed E-state index contributed by atoms with van der Waals surface area (Å²) in [6.45, 7) is 3.68. The number of azo groups is 1. The SMILES string of the molecule is C=CCSC1=NC2Nc3ccccc3C2N=N1. The van der Waals surface area contributed by atoms with E-state index in [1.807, 2.05) is 18.2 Å². The minimum atomic E-state index is -0.00258. The van der Waals surface area contributed by atoms with E-state index in [0.717, 1.165) is 16.6 Å². The van der Waals surface area contributed by atoms with E-state index in [4.69, 9.17) is 0 Å². The summed E-state index contributed by atoms with van der Waals surface area (Å²) in [6, 6.07) is 8.18. The quantitative estimate of drug-likeness (QED) is 0.812. The van der Waals surface area contributed by atoms with Gasteiger partial charge in [-0.05, 0) is 6.07 Å². The topological polar surface area (TPSA) is 49.1 Å². The zero-order valence-corrected chi connectivity index (χ0v) is 10.0. The van der Waals surface area contributed by atoms with Crippen LogP contribution in [0.3, 0.4) is 0 Å². The molecule has 0 aromatic heterocycles. The first-order chi connectivity index (χ1) is 8.38. The van der Waals surface area contributed by atoms with E-state index in [1.165, 1.54) is 5.56 Å². The average molecular weight is 244 g/mol. The van der Waals surface area contributed by atoms with Gasteiger partial charge < -0.3 is 5.32 Å². The molecule has 0 aliphatic carbocycles. The molecule has 1 aromatic rings. The average Bonchev–Trinajstić information content (AvgIpc) is 2.74. The van der Waals surface area contributed by atoms with Gasteiger partial charge in [-0.15, -0.1) is 11.7 Å². The first-order valence-electron chi connectivity index (χ1n) is 5.46. The number of hydrogen-bond acceptors (Lipinski definition) is 5. The second-order valence-corrected chi connectivity index (χ2v) is 4.84. The van der Waals surface area contributed by atoms with E-state index in [2.05, 4.69) is 39.2 Å². The summed E-state index contributed by atoms with van der Waals surface area (Å²) >= 11 is 1.56. The van der Waals surface area contributed by atoms with Gasteiger partial charge in [0.05, 0.1) is 0 Å². The Kier molecular flexibility index (Phi) is 2.68. The van der Waals surface area contributed by atoms with E-state index in [1.54, 1.807) is 11.8 Å². The largest absolute Gasteiger partial charge is 0.361 e. The summed E-state index contributed by atoms with van der Waals surface area (Å²) in [7, 11) is 0. The lowest BCUT2D eigenvalue weighted by molar-refractivity contribution is 0.600. The first kappa shape index (κ1) is 10.5. The Labute approximate surface area is 104 Å². The maximum Gasteiger partial charge on any atom is 0.206 e. The summed E-state index contributed by atoms with van der Waals surface area (Å²) < 4.78 is 0. The van der Waals surface area contributed by atoms with Crippen LogP contribution in [0.1, 0.15) is 11.6 Å². The van der Waals surface area contributed by atoms with Crippen LogP contribution in [0.5, 0.6) is 0 Å². The number of rotatable bonds is 2. The summed E-state index contributed by atoms with van der Waals surface area (Å²) in [4.78, 5) is 4.56. The summed E-state index contributed by atoms with van der Waals surface area (Å²) in [5.74, 6) is 0.808. The summed E-state index contributed by atoms with van der Waals surface area (Å²) in [5.41, 5.74) is 2.29. The Morgan fingerprint density at radius 1 is 1.41 bits per heavy atom. The molecule has 1 aromatic carbocycles. The standard InChI is InChI=1S/C12H12N4S/c1-2-7-17-12-14-11-10(15-16-12)8-5-3-4-6-9(8)13-11/h2-6,10-11,13H,1,7H2. The number of hydrogen-bond donors (Lipinski definition) is 1. The highest BCUT2D eigenvalue weighted by molar-refractivity contribution is 8.14. The molecule has 0 radical (unpaired) electrons. The molecule has 86 valence electrons. The first-order valence-corrected chi connectivity index (χ1v) is 6.45. The molecule has 0 saturated heterocycles.